The fourth-order valence-electron chi connectivity index (χ4n) is 4.98. The number of carbonyl (C=O) groups excluding carboxylic acids is 1. The molecule has 5 nitrogen and oxygen atoms in total. The number of benzene rings is 2. The van der Waals surface area contributed by atoms with Crippen molar-refractivity contribution in [1.82, 2.24) is 4.90 Å². The summed E-state index contributed by atoms with van der Waals surface area (Å²) < 4.78 is 18.9. The molecule has 1 heterocycles. The minimum atomic E-state index is -0.321. The summed E-state index contributed by atoms with van der Waals surface area (Å²) in [6.45, 7) is 1.69. The fourth-order valence-corrected chi connectivity index (χ4v) is 4.98. The lowest BCUT2D eigenvalue weighted by Crippen LogP contribution is -2.53. The first-order valence-electron chi connectivity index (χ1n) is 11.2. The second kappa shape index (κ2) is 9.79. The van der Waals surface area contributed by atoms with Gasteiger partial charge in [0.25, 0.3) is 5.91 Å². The smallest absolute Gasteiger partial charge is 0.258 e. The molecule has 31 heavy (non-hydrogen) atoms. The van der Waals surface area contributed by atoms with Crippen molar-refractivity contribution in [1.29, 1.82) is 0 Å². The van der Waals surface area contributed by atoms with E-state index in [1.54, 1.807) is 31.4 Å². The topological polar surface area (TPSA) is 53.0 Å². The minimum absolute atomic E-state index is 0.0149. The summed E-state index contributed by atoms with van der Waals surface area (Å²) in [7, 11) is 1.58. The lowest BCUT2D eigenvalue weighted by atomic mass is 9.89. The predicted octanol–water partition coefficient (Wildman–Crippen LogP) is 4.25. The van der Waals surface area contributed by atoms with Crippen LogP contribution in [-0.2, 0) is 0 Å². The molecule has 2 aromatic rings. The molecule has 2 fully saturated rings. The summed E-state index contributed by atoms with van der Waals surface area (Å²) in [5, 5.41) is 10.4. The number of hydrogen-bond donors (Lipinski definition) is 1. The van der Waals surface area contributed by atoms with E-state index in [9.17, 15) is 14.3 Å². The van der Waals surface area contributed by atoms with Gasteiger partial charge < -0.3 is 14.7 Å². The van der Waals surface area contributed by atoms with Crippen LogP contribution in [0.15, 0.2) is 48.5 Å². The number of amides is 1. The summed E-state index contributed by atoms with van der Waals surface area (Å²) in [5.74, 6) is 0.200. The van der Waals surface area contributed by atoms with Crippen molar-refractivity contribution in [2.75, 3.05) is 25.1 Å². The van der Waals surface area contributed by atoms with Crippen molar-refractivity contribution in [3.8, 4) is 5.75 Å². The zero-order valence-corrected chi connectivity index (χ0v) is 18.0. The molecule has 1 saturated heterocycles. The van der Waals surface area contributed by atoms with Crippen LogP contribution in [0.2, 0.25) is 0 Å². The summed E-state index contributed by atoms with van der Waals surface area (Å²) in [6.07, 6.45) is 5.56. The maximum atomic E-state index is 13.6. The first kappa shape index (κ1) is 21.8. The Labute approximate surface area is 183 Å². The van der Waals surface area contributed by atoms with Crippen LogP contribution in [0.5, 0.6) is 5.75 Å². The number of piperidine rings is 1. The van der Waals surface area contributed by atoms with Crippen LogP contribution in [0.1, 0.15) is 48.9 Å². The molecular weight excluding hydrogens is 395 g/mol. The highest BCUT2D eigenvalue weighted by Gasteiger charge is 2.35. The van der Waals surface area contributed by atoms with Crippen molar-refractivity contribution in [3.05, 3.63) is 59.9 Å². The summed E-state index contributed by atoms with van der Waals surface area (Å²) in [6, 6.07) is 13.5. The van der Waals surface area contributed by atoms with Crippen LogP contribution in [0.25, 0.3) is 0 Å². The van der Waals surface area contributed by atoms with Crippen LogP contribution in [0, 0.1) is 5.82 Å². The van der Waals surface area contributed by atoms with E-state index in [1.165, 1.54) is 12.1 Å². The second-order valence-electron chi connectivity index (χ2n) is 8.57. The molecule has 1 aliphatic heterocycles. The Bertz CT molecular complexity index is 881. The van der Waals surface area contributed by atoms with Crippen molar-refractivity contribution >= 4 is 11.6 Å². The molecule has 0 radical (unpaired) electrons. The van der Waals surface area contributed by atoms with Gasteiger partial charge in [0.15, 0.2) is 0 Å². The lowest BCUT2D eigenvalue weighted by Gasteiger charge is -2.44. The number of hydrogen-bond acceptors (Lipinski definition) is 4. The molecule has 2 aliphatic rings. The molecule has 1 N–H and O–H groups in total. The number of aliphatic hydroxyl groups excluding tert-OH is 1. The Morgan fingerprint density at radius 3 is 2.45 bits per heavy atom. The molecule has 1 saturated carbocycles. The SMILES string of the molecule is COc1cccc(C(=O)N(c2ccc(F)cc2)C2CCN([C@@H]3CCCC[C@H]3O)CC2)c1. The van der Waals surface area contributed by atoms with Gasteiger partial charge >= 0.3 is 0 Å². The molecule has 0 aromatic heterocycles. The lowest BCUT2D eigenvalue weighted by molar-refractivity contribution is 0.00866. The van der Waals surface area contributed by atoms with E-state index in [-0.39, 0.29) is 29.9 Å². The van der Waals surface area contributed by atoms with Gasteiger partial charge in [0.1, 0.15) is 11.6 Å². The number of aliphatic hydroxyl groups is 1. The molecule has 1 aliphatic carbocycles. The van der Waals surface area contributed by atoms with E-state index in [0.29, 0.717) is 17.0 Å². The summed E-state index contributed by atoms with van der Waals surface area (Å²) in [4.78, 5) is 17.8. The Morgan fingerprint density at radius 1 is 1.06 bits per heavy atom. The molecule has 1 amide bonds. The number of rotatable bonds is 5. The zero-order valence-electron chi connectivity index (χ0n) is 18.0. The average molecular weight is 427 g/mol. The van der Waals surface area contributed by atoms with Gasteiger partial charge in [0, 0.05) is 36.4 Å². The highest BCUT2D eigenvalue weighted by Crippen LogP contribution is 2.30. The van der Waals surface area contributed by atoms with E-state index < -0.39 is 0 Å². The number of anilines is 1. The van der Waals surface area contributed by atoms with Gasteiger partial charge in [0.2, 0.25) is 0 Å². The third-order valence-electron chi connectivity index (χ3n) is 6.67. The van der Waals surface area contributed by atoms with Gasteiger partial charge in [-0.2, -0.15) is 0 Å². The third kappa shape index (κ3) is 4.91. The molecule has 166 valence electrons. The maximum Gasteiger partial charge on any atom is 0.258 e. The molecule has 6 heteroatoms. The van der Waals surface area contributed by atoms with Crippen molar-refractivity contribution in [2.45, 2.75) is 56.7 Å². The van der Waals surface area contributed by atoms with Crippen molar-refractivity contribution < 1.29 is 19.0 Å². The van der Waals surface area contributed by atoms with Crippen LogP contribution >= 0.6 is 0 Å². The molecule has 2 atom stereocenters. The normalized spacial score (nSPS) is 22.8. The van der Waals surface area contributed by atoms with E-state index in [2.05, 4.69) is 4.90 Å². The number of methoxy groups -OCH3 is 1. The van der Waals surface area contributed by atoms with Crippen LogP contribution in [0.4, 0.5) is 10.1 Å². The largest absolute Gasteiger partial charge is 0.497 e. The summed E-state index contributed by atoms with van der Waals surface area (Å²) >= 11 is 0. The van der Waals surface area contributed by atoms with E-state index in [0.717, 1.165) is 51.6 Å². The molecule has 2 aromatic carbocycles. The zero-order chi connectivity index (χ0) is 21.8. The van der Waals surface area contributed by atoms with Gasteiger partial charge in [-0.25, -0.2) is 4.39 Å². The van der Waals surface area contributed by atoms with Gasteiger partial charge in [-0.3, -0.25) is 9.69 Å². The van der Waals surface area contributed by atoms with Crippen LogP contribution < -0.4 is 9.64 Å². The highest BCUT2D eigenvalue weighted by atomic mass is 19.1. The quantitative estimate of drug-likeness (QED) is 0.777. The third-order valence-corrected chi connectivity index (χ3v) is 6.67. The number of carbonyl (C=O) groups is 1. The minimum Gasteiger partial charge on any atom is -0.497 e. The van der Waals surface area contributed by atoms with Gasteiger partial charge in [-0.15, -0.1) is 0 Å². The Hall–Kier alpha value is -2.44. The first-order chi connectivity index (χ1) is 15.1. The molecule has 0 spiro atoms. The first-order valence-corrected chi connectivity index (χ1v) is 11.2. The Balaban J connectivity index is 1.55. The molecule has 4 rings (SSSR count). The Morgan fingerprint density at radius 2 is 1.77 bits per heavy atom. The van der Waals surface area contributed by atoms with Crippen LogP contribution in [-0.4, -0.2) is 54.3 Å². The molecular formula is C25H31FN2O3. The van der Waals surface area contributed by atoms with Gasteiger partial charge in [-0.05, 0) is 68.1 Å². The van der Waals surface area contributed by atoms with Crippen LogP contribution in [0.3, 0.4) is 0 Å². The highest BCUT2D eigenvalue weighted by molar-refractivity contribution is 6.06. The second-order valence-corrected chi connectivity index (χ2v) is 8.57. The number of ether oxygens (including phenoxy) is 1. The maximum absolute atomic E-state index is 13.6. The number of halogens is 1. The summed E-state index contributed by atoms with van der Waals surface area (Å²) in [5.41, 5.74) is 1.25. The monoisotopic (exact) mass is 426 g/mol. The fraction of sp³-hybridized carbons (Fsp3) is 0.480. The number of likely N-dealkylation sites (tertiary alicyclic amines) is 1. The van der Waals surface area contributed by atoms with E-state index in [4.69, 9.17) is 4.74 Å². The van der Waals surface area contributed by atoms with E-state index >= 15 is 0 Å². The average Bonchev–Trinajstić information content (AvgIpc) is 2.81. The van der Waals surface area contributed by atoms with Crippen molar-refractivity contribution in [3.63, 3.8) is 0 Å². The Kier molecular flexibility index (Phi) is 6.88. The predicted molar refractivity (Wildman–Crippen MR) is 119 cm³/mol. The van der Waals surface area contributed by atoms with E-state index in [1.807, 2.05) is 17.0 Å². The number of nitrogens with zero attached hydrogens (tertiary/aromatic N) is 2. The molecule has 0 unspecified atom stereocenters. The standard InChI is InChI=1S/C25H31FN2O3/c1-31-22-6-4-5-18(17-22)25(30)28(20-11-9-19(26)10-12-20)21-13-15-27(16-14-21)23-7-2-3-8-24(23)29/h4-6,9-12,17,21,23-24,29H,2-3,7-8,13-16H2,1H3/t23-,24-/m1/s1. The van der Waals surface area contributed by atoms with Crippen molar-refractivity contribution in [2.24, 2.45) is 0 Å². The van der Waals surface area contributed by atoms with Gasteiger partial charge in [-0.1, -0.05) is 18.9 Å². The van der Waals surface area contributed by atoms with Gasteiger partial charge in [0.05, 0.1) is 13.2 Å². The molecule has 0 bridgehead atoms.